The predicted octanol–water partition coefficient (Wildman–Crippen LogP) is 2.98. The first-order valence-corrected chi connectivity index (χ1v) is 5.68. The molecule has 0 saturated carbocycles. The molecule has 0 fully saturated rings. The lowest BCUT2D eigenvalue weighted by Crippen LogP contribution is -2.33. The van der Waals surface area contributed by atoms with Crippen LogP contribution in [-0.4, -0.2) is 28.9 Å². The maximum absolute atomic E-state index is 11.9. The summed E-state index contributed by atoms with van der Waals surface area (Å²) in [6, 6.07) is 1.81. The van der Waals surface area contributed by atoms with Crippen LogP contribution in [0.4, 0.5) is 0 Å². The highest BCUT2D eigenvalue weighted by Gasteiger charge is 2.18. The van der Waals surface area contributed by atoms with Crippen LogP contribution in [0.3, 0.4) is 0 Å². The number of amides is 1. The molecule has 0 aromatic carbocycles. The zero-order chi connectivity index (χ0) is 11.6. The Hall–Kier alpha value is -0.610. The van der Waals surface area contributed by atoms with Gasteiger partial charge in [-0.05, 0) is 35.8 Å². The Bertz CT molecular complexity index is 382. The summed E-state index contributed by atoms with van der Waals surface area (Å²) in [5.74, 6) is -0.121. The second kappa shape index (κ2) is 4.94. The highest BCUT2D eigenvalue weighted by atomic mass is 79.9. The van der Waals surface area contributed by atoms with Crippen LogP contribution >= 0.6 is 27.5 Å². The van der Waals surface area contributed by atoms with Gasteiger partial charge in [0.05, 0.1) is 5.56 Å². The molecule has 0 saturated heterocycles. The summed E-state index contributed by atoms with van der Waals surface area (Å²) in [7, 11) is 1.74. The molecule has 0 unspecified atom stereocenters. The van der Waals surface area contributed by atoms with Crippen molar-refractivity contribution in [1.82, 2.24) is 9.88 Å². The van der Waals surface area contributed by atoms with E-state index in [9.17, 15) is 4.79 Å². The van der Waals surface area contributed by atoms with Crippen molar-refractivity contribution in [2.75, 3.05) is 7.05 Å². The van der Waals surface area contributed by atoms with Crippen LogP contribution in [0.25, 0.3) is 0 Å². The van der Waals surface area contributed by atoms with E-state index < -0.39 is 0 Å². The molecule has 0 spiro atoms. The summed E-state index contributed by atoms with van der Waals surface area (Å²) in [5, 5.41) is 0.232. The molecule has 0 bridgehead atoms. The third-order valence-electron chi connectivity index (χ3n) is 2.13. The fourth-order valence-electron chi connectivity index (χ4n) is 0.997. The summed E-state index contributed by atoms with van der Waals surface area (Å²) in [5.41, 5.74) is 0.419. The summed E-state index contributed by atoms with van der Waals surface area (Å²) in [6.45, 7) is 3.88. The maximum Gasteiger partial charge on any atom is 0.256 e. The first kappa shape index (κ1) is 12.5. The van der Waals surface area contributed by atoms with Crippen LogP contribution < -0.4 is 0 Å². The topological polar surface area (TPSA) is 33.2 Å². The molecule has 0 radical (unpaired) electrons. The molecule has 1 rings (SSSR count). The van der Waals surface area contributed by atoms with Crippen molar-refractivity contribution in [3.63, 3.8) is 0 Å². The smallest absolute Gasteiger partial charge is 0.256 e. The van der Waals surface area contributed by atoms with Gasteiger partial charge in [0.1, 0.15) is 5.15 Å². The van der Waals surface area contributed by atoms with Gasteiger partial charge in [0.2, 0.25) is 0 Å². The number of aromatic nitrogens is 1. The molecule has 15 heavy (non-hydrogen) atoms. The van der Waals surface area contributed by atoms with E-state index in [0.717, 1.165) is 4.47 Å². The summed E-state index contributed by atoms with van der Waals surface area (Å²) >= 11 is 9.12. The van der Waals surface area contributed by atoms with Gasteiger partial charge in [-0.15, -0.1) is 0 Å². The zero-order valence-electron chi connectivity index (χ0n) is 8.79. The lowest BCUT2D eigenvalue weighted by Gasteiger charge is -2.21. The number of hydrogen-bond acceptors (Lipinski definition) is 2. The first-order valence-electron chi connectivity index (χ1n) is 4.51. The van der Waals surface area contributed by atoms with E-state index in [1.54, 1.807) is 24.2 Å². The second-order valence-corrected chi connectivity index (χ2v) is 4.78. The Morgan fingerprint density at radius 3 is 2.73 bits per heavy atom. The molecule has 0 N–H and O–H groups in total. The fourth-order valence-corrected chi connectivity index (χ4v) is 1.51. The molecule has 3 nitrogen and oxygen atoms in total. The molecular formula is C10H12BrClN2O. The Morgan fingerprint density at radius 1 is 1.60 bits per heavy atom. The van der Waals surface area contributed by atoms with E-state index >= 15 is 0 Å². The molecule has 0 aliphatic heterocycles. The Kier molecular flexibility index (Phi) is 4.11. The minimum atomic E-state index is -0.121. The van der Waals surface area contributed by atoms with Crippen molar-refractivity contribution in [2.24, 2.45) is 0 Å². The van der Waals surface area contributed by atoms with Crippen LogP contribution in [-0.2, 0) is 0 Å². The van der Waals surface area contributed by atoms with Crippen molar-refractivity contribution in [3.8, 4) is 0 Å². The highest BCUT2D eigenvalue weighted by molar-refractivity contribution is 9.10. The van der Waals surface area contributed by atoms with Gasteiger partial charge >= 0.3 is 0 Å². The van der Waals surface area contributed by atoms with E-state index in [4.69, 9.17) is 11.6 Å². The molecule has 5 heteroatoms. The standard InChI is InChI=1S/C10H12BrClN2O/c1-6(2)14(3)10(15)8-4-7(11)5-13-9(8)12/h4-6H,1-3H3. The predicted molar refractivity (Wildman–Crippen MR) is 64.2 cm³/mol. The number of hydrogen-bond donors (Lipinski definition) is 0. The first-order chi connectivity index (χ1) is 6.93. The summed E-state index contributed by atoms with van der Waals surface area (Å²) < 4.78 is 0.743. The number of carbonyl (C=O) groups is 1. The van der Waals surface area contributed by atoms with Gasteiger partial charge in [-0.2, -0.15) is 0 Å². The average molecular weight is 292 g/mol. The van der Waals surface area contributed by atoms with Gasteiger partial charge in [-0.1, -0.05) is 11.6 Å². The van der Waals surface area contributed by atoms with Crippen LogP contribution in [0.2, 0.25) is 5.15 Å². The van der Waals surface area contributed by atoms with Crippen LogP contribution in [0, 0.1) is 0 Å². The Morgan fingerprint density at radius 2 is 2.20 bits per heavy atom. The number of rotatable bonds is 2. The lowest BCUT2D eigenvalue weighted by atomic mass is 10.2. The van der Waals surface area contributed by atoms with Crippen molar-refractivity contribution in [1.29, 1.82) is 0 Å². The van der Waals surface area contributed by atoms with Gasteiger partial charge < -0.3 is 4.90 Å². The van der Waals surface area contributed by atoms with Crippen LogP contribution in [0.15, 0.2) is 16.7 Å². The lowest BCUT2D eigenvalue weighted by molar-refractivity contribution is 0.0754. The largest absolute Gasteiger partial charge is 0.339 e. The van der Waals surface area contributed by atoms with Crippen molar-refractivity contribution < 1.29 is 4.79 Å². The third kappa shape index (κ3) is 2.92. The van der Waals surface area contributed by atoms with Crippen LogP contribution in [0.1, 0.15) is 24.2 Å². The monoisotopic (exact) mass is 290 g/mol. The maximum atomic E-state index is 11.9. The second-order valence-electron chi connectivity index (χ2n) is 3.50. The van der Waals surface area contributed by atoms with Crippen LogP contribution in [0.5, 0.6) is 0 Å². The molecule has 0 aliphatic rings. The van der Waals surface area contributed by atoms with Gasteiger partial charge in [0.25, 0.3) is 5.91 Å². The highest BCUT2D eigenvalue weighted by Crippen LogP contribution is 2.19. The molecule has 82 valence electrons. The molecule has 1 heterocycles. The number of pyridine rings is 1. The average Bonchev–Trinajstić information content (AvgIpc) is 2.19. The quantitative estimate of drug-likeness (QED) is 0.785. The number of nitrogens with zero attached hydrogens (tertiary/aromatic N) is 2. The van der Waals surface area contributed by atoms with Gasteiger partial charge in [-0.25, -0.2) is 4.98 Å². The molecule has 0 atom stereocenters. The molecule has 1 aromatic heterocycles. The molecule has 0 aliphatic carbocycles. The molecule has 1 amide bonds. The van der Waals surface area contributed by atoms with E-state index in [1.165, 1.54) is 0 Å². The molecular weight excluding hydrogens is 279 g/mol. The fraction of sp³-hybridized carbons (Fsp3) is 0.400. The van der Waals surface area contributed by atoms with E-state index in [0.29, 0.717) is 5.56 Å². The van der Waals surface area contributed by atoms with E-state index in [1.807, 2.05) is 13.8 Å². The summed E-state index contributed by atoms with van der Waals surface area (Å²) in [4.78, 5) is 17.5. The number of carbonyl (C=O) groups excluding carboxylic acids is 1. The normalized spacial score (nSPS) is 10.5. The minimum Gasteiger partial charge on any atom is -0.339 e. The van der Waals surface area contributed by atoms with Crippen molar-refractivity contribution in [2.45, 2.75) is 19.9 Å². The summed E-state index contributed by atoms with van der Waals surface area (Å²) in [6.07, 6.45) is 1.56. The van der Waals surface area contributed by atoms with Crippen molar-refractivity contribution >= 4 is 33.4 Å². The minimum absolute atomic E-state index is 0.121. The van der Waals surface area contributed by atoms with E-state index in [2.05, 4.69) is 20.9 Å². The van der Waals surface area contributed by atoms with Crippen molar-refractivity contribution in [3.05, 3.63) is 27.5 Å². The van der Waals surface area contributed by atoms with Gasteiger partial charge in [-0.3, -0.25) is 4.79 Å². The van der Waals surface area contributed by atoms with Gasteiger partial charge in [0, 0.05) is 23.8 Å². The van der Waals surface area contributed by atoms with Gasteiger partial charge in [0.15, 0.2) is 0 Å². The Labute approximate surface area is 103 Å². The van der Waals surface area contributed by atoms with E-state index in [-0.39, 0.29) is 17.1 Å². The number of halogens is 2. The third-order valence-corrected chi connectivity index (χ3v) is 2.87. The Balaban J connectivity index is 3.05. The zero-order valence-corrected chi connectivity index (χ0v) is 11.1. The molecule has 1 aromatic rings. The SMILES string of the molecule is CC(C)N(C)C(=O)c1cc(Br)cnc1Cl.